The summed E-state index contributed by atoms with van der Waals surface area (Å²) in [7, 11) is 0. The SMILES string of the molecule is CCCNC(=O)C1=CN(C(=O)c2ccc(F)cc2)CC(C)(C)c2c1[nH]c1ccc(F)cc21. The van der Waals surface area contributed by atoms with Gasteiger partial charge in [0, 0.05) is 41.2 Å². The first kappa shape index (κ1) is 21.7. The Hall–Kier alpha value is -3.48. The number of carbonyl (C=O) groups is 2. The van der Waals surface area contributed by atoms with Crippen molar-refractivity contribution in [2.45, 2.75) is 32.6 Å². The lowest BCUT2D eigenvalue weighted by Crippen LogP contribution is -2.37. The van der Waals surface area contributed by atoms with Crippen LogP contribution in [0.15, 0.2) is 48.7 Å². The monoisotopic (exact) mass is 437 g/mol. The van der Waals surface area contributed by atoms with Gasteiger partial charge in [-0.25, -0.2) is 8.78 Å². The molecule has 1 aliphatic rings. The van der Waals surface area contributed by atoms with E-state index in [1.165, 1.54) is 47.5 Å². The van der Waals surface area contributed by atoms with Crippen molar-refractivity contribution >= 4 is 28.3 Å². The van der Waals surface area contributed by atoms with Gasteiger partial charge in [0.2, 0.25) is 0 Å². The molecule has 2 amide bonds. The Kier molecular flexibility index (Phi) is 5.59. The molecular formula is C25H25F2N3O2. The van der Waals surface area contributed by atoms with E-state index in [4.69, 9.17) is 0 Å². The highest BCUT2D eigenvalue weighted by Crippen LogP contribution is 2.40. The molecule has 166 valence electrons. The van der Waals surface area contributed by atoms with E-state index < -0.39 is 11.2 Å². The Labute approximate surface area is 185 Å². The van der Waals surface area contributed by atoms with Gasteiger partial charge in [0.15, 0.2) is 0 Å². The summed E-state index contributed by atoms with van der Waals surface area (Å²) in [6, 6.07) is 9.77. The normalized spacial score (nSPS) is 15.2. The van der Waals surface area contributed by atoms with Gasteiger partial charge in [-0.05, 0) is 54.4 Å². The molecule has 0 fully saturated rings. The van der Waals surface area contributed by atoms with Crippen LogP contribution in [0.25, 0.3) is 16.5 Å². The lowest BCUT2D eigenvalue weighted by Gasteiger charge is -2.29. The number of benzene rings is 2. The fourth-order valence-corrected chi connectivity index (χ4v) is 4.23. The Morgan fingerprint density at radius 2 is 1.78 bits per heavy atom. The van der Waals surface area contributed by atoms with Crippen LogP contribution >= 0.6 is 0 Å². The van der Waals surface area contributed by atoms with Gasteiger partial charge in [-0.15, -0.1) is 0 Å². The predicted octanol–water partition coefficient (Wildman–Crippen LogP) is 4.75. The van der Waals surface area contributed by atoms with Gasteiger partial charge in [-0.2, -0.15) is 0 Å². The first-order chi connectivity index (χ1) is 15.2. The highest BCUT2D eigenvalue weighted by Gasteiger charge is 2.37. The van der Waals surface area contributed by atoms with E-state index >= 15 is 0 Å². The molecule has 0 aliphatic carbocycles. The number of fused-ring (bicyclic) bond motifs is 3. The zero-order valence-corrected chi connectivity index (χ0v) is 18.3. The fourth-order valence-electron chi connectivity index (χ4n) is 4.23. The summed E-state index contributed by atoms with van der Waals surface area (Å²) in [5.74, 6) is -1.48. The number of nitrogens with zero attached hydrogens (tertiary/aromatic N) is 1. The van der Waals surface area contributed by atoms with Crippen LogP contribution in [0.4, 0.5) is 8.78 Å². The van der Waals surface area contributed by atoms with Crippen molar-refractivity contribution in [3.8, 4) is 0 Å². The number of carbonyl (C=O) groups excluding carboxylic acids is 2. The first-order valence-corrected chi connectivity index (χ1v) is 10.6. The number of amides is 2. The van der Waals surface area contributed by atoms with Crippen LogP contribution in [0, 0.1) is 11.6 Å². The van der Waals surface area contributed by atoms with Crippen LogP contribution in [0.3, 0.4) is 0 Å². The Morgan fingerprint density at radius 1 is 1.09 bits per heavy atom. The molecule has 0 bridgehead atoms. The van der Waals surface area contributed by atoms with Crippen LogP contribution in [-0.2, 0) is 10.2 Å². The van der Waals surface area contributed by atoms with Gasteiger partial charge in [0.1, 0.15) is 11.6 Å². The highest BCUT2D eigenvalue weighted by molar-refractivity contribution is 6.21. The van der Waals surface area contributed by atoms with Gasteiger partial charge < -0.3 is 15.2 Å². The molecule has 2 aromatic carbocycles. The Bertz CT molecular complexity index is 1230. The van der Waals surface area contributed by atoms with Gasteiger partial charge in [-0.1, -0.05) is 20.8 Å². The second-order valence-electron chi connectivity index (χ2n) is 8.69. The van der Waals surface area contributed by atoms with E-state index in [-0.39, 0.29) is 24.2 Å². The maximum atomic E-state index is 14.1. The molecule has 1 aliphatic heterocycles. The van der Waals surface area contributed by atoms with Crippen LogP contribution in [0.1, 0.15) is 48.8 Å². The molecule has 0 spiro atoms. The van der Waals surface area contributed by atoms with E-state index in [0.717, 1.165) is 17.5 Å². The van der Waals surface area contributed by atoms with Crippen molar-refractivity contribution in [3.63, 3.8) is 0 Å². The summed E-state index contributed by atoms with van der Waals surface area (Å²) in [6.07, 6.45) is 2.30. The molecule has 0 radical (unpaired) electrons. The molecule has 32 heavy (non-hydrogen) atoms. The molecule has 0 unspecified atom stereocenters. The molecule has 0 atom stereocenters. The average Bonchev–Trinajstić information content (AvgIpc) is 3.08. The van der Waals surface area contributed by atoms with Gasteiger partial charge in [0.25, 0.3) is 11.8 Å². The number of aromatic amines is 1. The summed E-state index contributed by atoms with van der Waals surface area (Å²) in [4.78, 5) is 31.1. The highest BCUT2D eigenvalue weighted by atomic mass is 19.1. The number of hydrogen-bond acceptors (Lipinski definition) is 2. The number of nitrogens with one attached hydrogen (secondary N) is 2. The maximum absolute atomic E-state index is 14.1. The third kappa shape index (κ3) is 3.90. The third-order valence-corrected chi connectivity index (χ3v) is 5.69. The molecular weight excluding hydrogens is 412 g/mol. The van der Waals surface area contributed by atoms with E-state index in [2.05, 4.69) is 10.3 Å². The molecule has 1 aromatic heterocycles. The van der Waals surface area contributed by atoms with Gasteiger partial charge in [0.05, 0.1) is 11.3 Å². The van der Waals surface area contributed by atoms with E-state index in [1.807, 2.05) is 20.8 Å². The topological polar surface area (TPSA) is 65.2 Å². The van der Waals surface area contributed by atoms with Crippen LogP contribution in [-0.4, -0.2) is 34.8 Å². The van der Waals surface area contributed by atoms with Crippen molar-refractivity contribution in [1.82, 2.24) is 15.2 Å². The van der Waals surface area contributed by atoms with Gasteiger partial charge >= 0.3 is 0 Å². The fraction of sp³-hybridized carbons (Fsp3) is 0.280. The lowest BCUT2D eigenvalue weighted by atomic mass is 9.81. The maximum Gasteiger partial charge on any atom is 0.257 e. The van der Waals surface area contributed by atoms with Crippen LogP contribution < -0.4 is 5.32 Å². The average molecular weight is 437 g/mol. The van der Waals surface area contributed by atoms with Crippen molar-refractivity contribution < 1.29 is 18.4 Å². The largest absolute Gasteiger partial charge is 0.354 e. The molecule has 4 rings (SSSR count). The number of hydrogen-bond donors (Lipinski definition) is 2. The molecule has 2 N–H and O–H groups in total. The quantitative estimate of drug-likeness (QED) is 0.619. The minimum Gasteiger partial charge on any atom is -0.354 e. The summed E-state index contributed by atoms with van der Waals surface area (Å²) in [5.41, 5.74) is 2.06. The second-order valence-corrected chi connectivity index (χ2v) is 8.69. The number of rotatable bonds is 4. The smallest absolute Gasteiger partial charge is 0.257 e. The van der Waals surface area contributed by atoms with Crippen LogP contribution in [0.5, 0.6) is 0 Å². The standard InChI is InChI=1S/C25H25F2N3O2/c1-4-11-28-23(31)19-13-30(24(32)15-5-7-16(26)8-6-15)14-25(2,3)21-18-12-17(27)9-10-20(18)29-22(19)21/h5-10,12-13,29H,4,11,14H2,1-3H3,(H,28,31). The number of H-pyrrole nitrogens is 1. The van der Waals surface area contributed by atoms with E-state index in [1.54, 1.807) is 6.07 Å². The Morgan fingerprint density at radius 3 is 2.47 bits per heavy atom. The number of halogens is 2. The second kappa shape index (κ2) is 8.22. The zero-order valence-electron chi connectivity index (χ0n) is 18.3. The van der Waals surface area contributed by atoms with Crippen molar-refractivity contribution in [2.24, 2.45) is 0 Å². The Balaban J connectivity index is 1.88. The van der Waals surface area contributed by atoms with Crippen molar-refractivity contribution in [2.75, 3.05) is 13.1 Å². The van der Waals surface area contributed by atoms with E-state index in [9.17, 15) is 18.4 Å². The lowest BCUT2D eigenvalue weighted by molar-refractivity contribution is -0.115. The van der Waals surface area contributed by atoms with E-state index in [0.29, 0.717) is 28.8 Å². The third-order valence-electron chi connectivity index (χ3n) is 5.69. The minimum absolute atomic E-state index is 0.254. The molecule has 0 saturated heterocycles. The number of aromatic nitrogens is 1. The van der Waals surface area contributed by atoms with Crippen molar-refractivity contribution in [3.05, 3.63) is 77.1 Å². The van der Waals surface area contributed by atoms with Crippen molar-refractivity contribution in [1.29, 1.82) is 0 Å². The summed E-state index contributed by atoms with van der Waals surface area (Å²) >= 11 is 0. The molecule has 0 saturated carbocycles. The summed E-state index contributed by atoms with van der Waals surface area (Å²) in [5, 5.41) is 3.55. The van der Waals surface area contributed by atoms with Crippen LogP contribution in [0.2, 0.25) is 0 Å². The first-order valence-electron chi connectivity index (χ1n) is 10.6. The minimum atomic E-state index is -0.611. The predicted molar refractivity (Wildman–Crippen MR) is 120 cm³/mol. The summed E-state index contributed by atoms with van der Waals surface area (Å²) in [6.45, 7) is 6.59. The molecule has 7 heteroatoms. The van der Waals surface area contributed by atoms with Gasteiger partial charge in [-0.3, -0.25) is 9.59 Å². The molecule has 5 nitrogen and oxygen atoms in total. The molecule has 3 aromatic rings. The summed E-state index contributed by atoms with van der Waals surface area (Å²) < 4.78 is 27.5. The molecule has 2 heterocycles. The zero-order chi connectivity index (χ0) is 23.0.